The number of hydrogen-bond acceptors (Lipinski definition) is 1. The Hall–Kier alpha value is -0.530. The summed E-state index contributed by atoms with van der Waals surface area (Å²) < 4.78 is 0. The molecule has 2 nitrogen and oxygen atoms in total. The van der Waals surface area contributed by atoms with Gasteiger partial charge in [0, 0.05) is 20.0 Å². The number of hydrogen-bond donors (Lipinski definition) is 0. The Labute approximate surface area is 82.3 Å². The molecule has 13 heavy (non-hydrogen) atoms. The molecule has 1 rings (SSSR count). The molecule has 0 spiro atoms. The lowest BCUT2D eigenvalue weighted by Gasteiger charge is -2.15. The molecule has 0 saturated carbocycles. The second-order valence-electron chi connectivity index (χ2n) is 3.76. The Bertz CT molecular complexity index is 154. The molecule has 0 aliphatic carbocycles. The van der Waals surface area contributed by atoms with E-state index in [2.05, 4.69) is 13.8 Å². The van der Waals surface area contributed by atoms with E-state index in [-0.39, 0.29) is 5.91 Å². The van der Waals surface area contributed by atoms with E-state index in [1.165, 1.54) is 6.42 Å². The minimum atomic E-state index is 0.230. The van der Waals surface area contributed by atoms with Gasteiger partial charge in [-0.05, 0) is 18.3 Å². The maximum Gasteiger partial charge on any atom is 0.219 e. The van der Waals surface area contributed by atoms with E-state index >= 15 is 0 Å². The number of carbonyl (C=O) groups excluding carboxylic acids is 1. The normalized spacial score (nSPS) is 21.4. The summed E-state index contributed by atoms with van der Waals surface area (Å²) in [5.41, 5.74) is 0. The average Bonchev–Trinajstić information content (AvgIpc) is 2.56. The Kier molecular flexibility index (Phi) is 5.76. The van der Waals surface area contributed by atoms with Crippen LogP contribution in [-0.4, -0.2) is 23.9 Å². The van der Waals surface area contributed by atoms with Crippen LogP contribution in [0, 0.1) is 11.8 Å². The third kappa shape index (κ3) is 3.79. The molecular weight excluding hydrogens is 162 g/mol. The third-order valence-corrected chi connectivity index (χ3v) is 2.61. The molecule has 0 N–H and O–H groups in total. The zero-order chi connectivity index (χ0) is 10.4. The number of likely N-dealkylation sites (tertiary alicyclic amines) is 1. The van der Waals surface area contributed by atoms with Crippen LogP contribution in [0.3, 0.4) is 0 Å². The predicted molar refractivity (Wildman–Crippen MR) is 56.5 cm³/mol. The highest BCUT2D eigenvalue weighted by Gasteiger charge is 2.25. The van der Waals surface area contributed by atoms with Gasteiger partial charge in [-0.1, -0.05) is 27.7 Å². The molecule has 1 aliphatic rings. The summed E-state index contributed by atoms with van der Waals surface area (Å²) in [6.45, 7) is 12.1. The molecule has 0 bridgehead atoms. The van der Waals surface area contributed by atoms with E-state index in [0.717, 1.165) is 24.9 Å². The second-order valence-corrected chi connectivity index (χ2v) is 3.76. The van der Waals surface area contributed by atoms with Crippen molar-refractivity contribution < 1.29 is 4.79 Å². The summed E-state index contributed by atoms with van der Waals surface area (Å²) in [5.74, 6) is 1.69. The lowest BCUT2D eigenvalue weighted by Crippen LogP contribution is -2.26. The van der Waals surface area contributed by atoms with E-state index in [9.17, 15) is 4.79 Å². The number of carbonyl (C=O) groups is 1. The Balaban J connectivity index is 0.000000671. The van der Waals surface area contributed by atoms with Crippen molar-refractivity contribution in [1.82, 2.24) is 4.90 Å². The molecule has 0 radical (unpaired) electrons. The molecular formula is C11H23NO. The van der Waals surface area contributed by atoms with E-state index in [0.29, 0.717) is 0 Å². The van der Waals surface area contributed by atoms with Crippen LogP contribution in [0.5, 0.6) is 0 Å². The molecule has 1 atom stereocenters. The predicted octanol–water partition coefficient (Wildman–Crippen LogP) is 2.54. The van der Waals surface area contributed by atoms with Gasteiger partial charge in [0.15, 0.2) is 0 Å². The van der Waals surface area contributed by atoms with Crippen molar-refractivity contribution in [2.75, 3.05) is 13.1 Å². The summed E-state index contributed by atoms with van der Waals surface area (Å²) in [6, 6.07) is 0. The highest BCUT2D eigenvalue weighted by Crippen LogP contribution is 2.23. The summed E-state index contributed by atoms with van der Waals surface area (Å²) in [7, 11) is 0. The van der Waals surface area contributed by atoms with Crippen molar-refractivity contribution in [3.63, 3.8) is 0 Å². The highest BCUT2D eigenvalue weighted by atomic mass is 16.2. The van der Waals surface area contributed by atoms with Gasteiger partial charge < -0.3 is 4.90 Å². The lowest BCUT2D eigenvalue weighted by molar-refractivity contribution is -0.127. The van der Waals surface area contributed by atoms with Crippen molar-refractivity contribution in [3.8, 4) is 0 Å². The first-order chi connectivity index (χ1) is 6.11. The van der Waals surface area contributed by atoms with Crippen molar-refractivity contribution >= 4 is 5.91 Å². The fourth-order valence-corrected chi connectivity index (χ4v) is 1.62. The van der Waals surface area contributed by atoms with Gasteiger partial charge in [-0.15, -0.1) is 0 Å². The first-order valence-electron chi connectivity index (χ1n) is 5.36. The zero-order valence-corrected chi connectivity index (χ0v) is 9.63. The van der Waals surface area contributed by atoms with Gasteiger partial charge >= 0.3 is 0 Å². The summed E-state index contributed by atoms with van der Waals surface area (Å²) in [5, 5.41) is 0. The first-order valence-corrected chi connectivity index (χ1v) is 5.36. The van der Waals surface area contributed by atoms with Crippen LogP contribution >= 0.6 is 0 Å². The fourth-order valence-electron chi connectivity index (χ4n) is 1.62. The van der Waals surface area contributed by atoms with Gasteiger partial charge in [-0.25, -0.2) is 0 Å². The number of amides is 1. The summed E-state index contributed by atoms with van der Waals surface area (Å²) in [4.78, 5) is 12.9. The Morgan fingerprint density at radius 3 is 2.15 bits per heavy atom. The number of nitrogens with zero attached hydrogens (tertiary/aromatic N) is 1. The lowest BCUT2D eigenvalue weighted by atomic mass is 9.95. The monoisotopic (exact) mass is 185 g/mol. The van der Waals surface area contributed by atoms with Crippen molar-refractivity contribution in [3.05, 3.63) is 0 Å². The van der Waals surface area contributed by atoms with Crippen molar-refractivity contribution in [1.29, 1.82) is 0 Å². The Morgan fingerprint density at radius 2 is 1.92 bits per heavy atom. The minimum absolute atomic E-state index is 0.230. The number of rotatable bonds is 1. The second kappa shape index (κ2) is 6.01. The smallest absolute Gasteiger partial charge is 0.219 e. The SMILES string of the molecule is CC.CC(=O)N1CCC(C(C)C)C1. The van der Waals surface area contributed by atoms with Crippen molar-refractivity contribution in [2.45, 2.75) is 41.0 Å². The molecule has 0 aromatic heterocycles. The van der Waals surface area contributed by atoms with Gasteiger partial charge in [0.05, 0.1) is 0 Å². The fraction of sp³-hybridized carbons (Fsp3) is 0.909. The van der Waals surface area contributed by atoms with Crippen LogP contribution in [-0.2, 0) is 4.79 Å². The van der Waals surface area contributed by atoms with Gasteiger partial charge in [0.1, 0.15) is 0 Å². The molecule has 1 aliphatic heterocycles. The molecule has 78 valence electrons. The quantitative estimate of drug-likeness (QED) is 0.614. The molecule has 1 fully saturated rings. The molecule has 0 aromatic carbocycles. The molecule has 1 unspecified atom stereocenters. The van der Waals surface area contributed by atoms with Crippen LogP contribution in [0.4, 0.5) is 0 Å². The topological polar surface area (TPSA) is 20.3 Å². The highest BCUT2D eigenvalue weighted by molar-refractivity contribution is 5.73. The third-order valence-electron chi connectivity index (χ3n) is 2.61. The van der Waals surface area contributed by atoms with Crippen LogP contribution in [0.1, 0.15) is 41.0 Å². The molecule has 1 saturated heterocycles. The largest absolute Gasteiger partial charge is 0.343 e. The van der Waals surface area contributed by atoms with E-state index in [4.69, 9.17) is 0 Å². The standard InChI is InChI=1S/C9H17NO.C2H6/c1-7(2)9-4-5-10(6-9)8(3)11;1-2/h7,9H,4-6H2,1-3H3;1-2H3. The van der Waals surface area contributed by atoms with Crippen LogP contribution in [0.25, 0.3) is 0 Å². The minimum Gasteiger partial charge on any atom is -0.343 e. The molecule has 2 heteroatoms. The van der Waals surface area contributed by atoms with Gasteiger partial charge in [-0.2, -0.15) is 0 Å². The van der Waals surface area contributed by atoms with E-state index < -0.39 is 0 Å². The maximum atomic E-state index is 10.9. The van der Waals surface area contributed by atoms with Crippen LogP contribution < -0.4 is 0 Å². The van der Waals surface area contributed by atoms with E-state index in [1.807, 2.05) is 18.7 Å². The first kappa shape index (κ1) is 12.5. The molecule has 1 heterocycles. The summed E-state index contributed by atoms with van der Waals surface area (Å²) in [6.07, 6.45) is 1.19. The van der Waals surface area contributed by atoms with Gasteiger partial charge in [0.25, 0.3) is 0 Å². The van der Waals surface area contributed by atoms with Crippen molar-refractivity contribution in [2.24, 2.45) is 11.8 Å². The molecule has 0 aromatic rings. The van der Waals surface area contributed by atoms with Gasteiger partial charge in [0.2, 0.25) is 5.91 Å². The van der Waals surface area contributed by atoms with Crippen LogP contribution in [0.15, 0.2) is 0 Å². The van der Waals surface area contributed by atoms with Crippen LogP contribution in [0.2, 0.25) is 0 Å². The summed E-state index contributed by atoms with van der Waals surface area (Å²) >= 11 is 0. The Morgan fingerprint density at radius 1 is 1.38 bits per heavy atom. The average molecular weight is 185 g/mol. The molecule has 1 amide bonds. The maximum absolute atomic E-state index is 10.9. The van der Waals surface area contributed by atoms with E-state index in [1.54, 1.807) is 6.92 Å². The van der Waals surface area contributed by atoms with Gasteiger partial charge in [-0.3, -0.25) is 4.79 Å². The zero-order valence-electron chi connectivity index (χ0n) is 9.63.